The Balaban J connectivity index is 2.05. The van der Waals surface area contributed by atoms with E-state index in [-0.39, 0.29) is 17.1 Å². The standard InChI is InChI=1S/C17H15N3O5/c1-17(2)11-8-13(18-15(21)10-6-4-3-5-7-10)14(20(23)24)9-12(11)19-16(22)25-17/h3-9H,1-2H3,(H,18,21)(H,19,22). The molecule has 2 N–H and O–H groups in total. The Morgan fingerprint density at radius 2 is 1.92 bits per heavy atom. The van der Waals surface area contributed by atoms with Crippen molar-refractivity contribution in [3.05, 3.63) is 63.7 Å². The molecule has 25 heavy (non-hydrogen) atoms. The van der Waals surface area contributed by atoms with Crippen LogP contribution in [0.5, 0.6) is 0 Å². The molecule has 2 aromatic rings. The van der Waals surface area contributed by atoms with Crippen molar-refractivity contribution in [2.75, 3.05) is 10.6 Å². The van der Waals surface area contributed by atoms with Gasteiger partial charge in [0, 0.05) is 17.2 Å². The van der Waals surface area contributed by atoms with Gasteiger partial charge in [0.1, 0.15) is 11.3 Å². The third kappa shape index (κ3) is 3.14. The summed E-state index contributed by atoms with van der Waals surface area (Å²) in [5.41, 5.74) is -0.0875. The smallest absolute Gasteiger partial charge is 0.412 e. The lowest BCUT2D eigenvalue weighted by Gasteiger charge is -2.32. The maximum absolute atomic E-state index is 12.3. The number of nitro groups is 1. The second-order valence-corrected chi connectivity index (χ2v) is 6.02. The summed E-state index contributed by atoms with van der Waals surface area (Å²) >= 11 is 0. The second kappa shape index (κ2) is 5.90. The van der Waals surface area contributed by atoms with Crippen LogP contribution in [0.1, 0.15) is 29.8 Å². The first-order chi connectivity index (χ1) is 11.8. The number of hydrogen-bond acceptors (Lipinski definition) is 5. The molecule has 1 aliphatic rings. The van der Waals surface area contributed by atoms with Crippen molar-refractivity contribution in [2.24, 2.45) is 0 Å². The van der Waals surface area contributed by atoms with Crippen LogP contribution in [-0.2, 0) is 10.3 Å². The highest BCUT2D eigenvalue weighted by Gasteiger charge is 2.36. The van der Waals surface area contributed by atoms with E-state index in [1.165, 1.54) is 12.1 Å². The minimum atomic E-state index is -0.987. The Kier molecular flexibility index (Phi) is 3.88. The largest absolute Gasteiger partial charge is 0.438 e. The number of fused-ring (bicyclic) bond motifs is 1. The third-order valence-electron chi connectivity index (χ3n) is 3.85. The highest BCUT2D eigenvalue weighted by molar-refractivity contribution is 6.06. The van der Waals surface area contributed by atoms with Gasteiger partial charge in [0.25, 0.3) is 11.6 Å². The fourth-order valence-electron chi connectivity index (χ4n) is 2.65. The molecule has 0 aliphatic carbocycles. The summed E-state index contributed by atoms with van der Waals surface area (Å²) in [6.07, 6.45) is -0.687. The van der Waals surface area contributed by atoms with Crippen molar-refractivity contribution in [1.82, 2.24) is 0 Å². The van der Waals surface area contributed by atoms with Crippen LogP contribution in [0, 0.1) is 10.1 Å². The highest BCUT2D eigenvalue weighted by Crippen LogP contribution is 2.41. The van der Waals surface area contributed by atoms with Gasteiger partial charge in [-0.2, -0.15) is 0 Å². The molecule has 3 rings (SSSR count). The van der Waals surface area contributed by atoms with E-state index in [4.69, 9.17) is 4.74 Å². The molecule has 8 nitrogen and oxygen atoms in total. The molecular formula is C17H15N3O5. The number of nitrogens with zero attached hydrogens (tertiary/aromatic N) is 1. The average Bonchev–Trinajstić information content (AvgIpc) is 2.54. The molecule has 0 bridgehead atoms. The van der Waals surface area contributed by atoms with Crippen molar-refractivity contribution in [3.8, 4) is 0 Å². The van der Waals surface area contributed by atoms with Gasteiger partial charge in [-0.3, -0.25) is 20.2 Å². The van der Waals surface area contributed by atoms with Crippen molar-refractivity contribution >= 4 is 29.1 Å². The summed E-state index contributed by atoms with van der Waals surface area (Å²) < 4.78 is 5.21. The van der Waals surface area contributed by atoms with Crippen LogP contribution in [0.15, 0.2) is 42.5 Å². The summed E-state index contributed by atoms with van der Waals surface area (Å²) in [4.78, 5) is 34.7. The van der Waals surface area contributed by atoms with Gasteiger partial charge in [0.15, 0.2) is 0 Å². The zero-order valence-corrected chi connectivity index (χ0v) is 13.5. The first-order valence-corrected chi connectivity index (χ1v) is 7.47. The van der Waals surface area contributed by atoms with E-state index >= 15 is 0 Å². The minimum absolute atomic E-state index is 0.0328. The van der Waals surface area contributed by atoms with Gasteiger partial charge in [-0.25, -0.2) is 4.79 Å². The summed E-state index contributed by atoms with van der Waals surface area (Å²) in [5.74, 6) is -0.470. The molecule has 8 heteroatoms. The highest BCUT2D eigenvalue weighted by atomic mass is 16.6. The lowest BCUT2D eigenvalue weighted by molar-refractivity contribution is -0.383. The maximum atomic E-state index is 12.3. The predicted molar refractivity (Wildman–Crippen MR) is 90.6 cm³/mol. The molecule has 0 aromatic heterocycles. The molecule has 0 radical (unpaired) electrons. The number of amides is 2. The summed E-state index contributed by atoms with van der Waals surface area (Å²) in [6.45, 7) is 3.33. The molecule has 0 atom stereocenters. The summed E-state index contributed by atoms with van der Waals surface area (Å²) in [6, 6.07) is 11.0. The molecule has 0 saturated heterocycles. The summed E-state index contributed by atoms with van der Waals surface area (Å²) in [5, 5.41) is 16.4. The molecule has 0 spiro atoms. The molecule has 0 unspecified atom stereocenters. The number of nitrogens with one attached hydrogen (secondary N) is 2. The number of carbonyl (C=O) groups is 2. The van der Waals surface area contributed by atoms with Gasteiger partial charge in [0.05, 0.1) is 10.6 Å². The van der Waals surface area contributed by atoms with Crippen molar-refractivity contribution in [3.63, 3.8) is 0 Å². The molecule has 0 fully saturated rings. The monoisotopic (exact) mass is 341 g/mol. The van der Waals surface area contributed by atoms with Crippen LogP contribution in [-0.4, -0.2) is 16.9 Å². The SMILES string of the molecule is CC1(C)OC(=O)Nc2cc([N+](=O)[O-])c(NC(=O)c3ccccc3)cc21. The van der Waals surface area contributed by atoms with Crippen LogP contribution in [0.3, 0.4) is 0 Å². The lowest BCUT2D eigenvalue weighted by Crippen LogP contribution is -2.35. The quantitative estimate of drug-likeness (QED) is 0.654. The minimum Gasteiger partial charge on any atom is -0.438 e. The van der Waals surface area contributed by atoms with Crippen LogP contribution in [0.25, 0.3) is 0 Å². The van der Waals surface area contributed by atoms with Crippen LogP contribution in [0.2, 0.25) is 0 Å². The first kappa shape index (κ1) is 16.4. The molecule has 1 heterocycles. The number of anilines is 2. The van der Waals surface area contributed by atoms with E-state index in [9.17, 15) is 19.7 Å². The third-order valence-corrected chi connectivity index (χ3v) is 3.85. The van der Waals surface area contributed by atoms with E-state index in [0.29, 0.717) is 11.1 Å². The molecular weight excluding hydrogens is 326 g/mol. The molecule has 128 valence electrons. The first-order valence-electron chi connectivity index (χ1n) is 7.47. The van der Waals surface area contributed by atoms with Gasteiger partial charge < -0.3 is 10.1 Å². The van der Waals surface area contributed by atoms with Gasteiger partial charge in [-0.1, -0.05) is 18.2 Å². The lowest BCUT2D eigenvalue weighted by atomic mass is 9.93. The normalized spacial score (nSPS) is 14.7. The number of hydrogen-bond donors (Lipinski definition) is 2. The van der Waals surface area contributed by atoms with E-state index in [1.54, 1.807) is 44.2 Å². The Morgan fingerprint density at radius 3 is 2.56 bits per heavy atom. The molecule has 0 saturated carbocycles. The number of carbonyl (C=O) groups excluding carboxylic acids is 2. The second-order valence-electron chi connectivity index (χ2n) is 6.02. The molecule has 2 aromatic carbocycles. The van der Waals surface area contributed by atoms with Crippen LogP contribution >= 0.6 is 0 Å². The fourth-order valence-corrected chi connectivity index (χ4v) is 2.65. The van der Waals surface area contributed by atoms with E-state index < -0.39 is 22.5 Å². The zero-order valence-electron chi connectivity index (χ0n) is 13.5. The summed E-state index contributed by atoms with van der Waals surface area (Å²) in [7, 11) is 0. The van der Waals surface area contributed by atoms with Crippen molar-refractivity contribution in [1.29, 1.82) is 0 Å². The fraction of sp³-hybridized carbons (Fsp3) is 0.176. The number of benzene rings is 2. The van der Waals surface area contributed by atoms with Crippen LogP contribution < -0.4 is 10.6 Å². The Bertz CT molecular complexity index is 877. The van der Waals surface area contributed by atoms with E-state index in [2.05, 4.69) is 10.6 Å². The van der Waals surface area contributed by atoms with Gasteiger partial charge in [-0.15, -0.1) is 0 Å². The van der Waals surface area contributed by atoms with Gasteiger partial charge >= 0.3 is 6.09 Å². The van der Waals surface area contributed by atoms with E-state index in [1.807, 2.05) is 0 Å². The Morgan fingerprint density at radius 1 is 1.24 bits per heavy atom. The maximum Gasteiger partial charge on any atom is 0.412 e. The molecule has 2 amide bonds. The number of rotatable bonds is 3. The Labute approximate surface area is 142 Å². The average molecular weight is 341 g/mol. The van der Waals surface area contributed by atoms with Crippen molar-refractivity contribution < 1.29 is 19.2 Å². The van der Waals surface area contributed by atoms with Crippen LogP contribution in [0.4, 0.5) is 21.9 Å². The number of ether oxygens (including phenoxy) is 1. The number of cyclic esters (lactones) is 1. The van der Waals surface area contributed by atoms with Gasteiger partial charge in [-0.05, 0) is 32.0 Å². The topological polar surface area (TPSA) is 111 Å². The van der Waals surface area contributed by atoms with Crippen molar-refractivity contribution in [2.45, 2.75) is 19.4 Å². The molecule has 1 aliphatic heterocycles. The zero-order chi connectivity index (χ0) is 18.2. The number of nitro benzene ring substituents is 1. The predicted octanol–water partition coefficient (Wildman–Crippen LogP) is 3.64. The van der Waals surface area contributed by atoms with E-state index in [0.717, 1.165) is 0 Å². The van der Waals surface area contributed by atoms with Gasteiger partial charge in [0.2, 0.25) is 0 Å². The Hall–Kier alpha value is -3.42.